The summed E-state index contributed by atoms with van der Waals surface area (Å²) in [6, 6.07) is 6.72. The molecule has 1 amide bonds. The second-order valence-electron chi connectivity index (χ2n) is 4.60. The quantitative estimate of drug-likeness (QED) is 0.800. The zero-order valence-electron chi connectivity index (χ0n) is 10.2. The molecular formula is C13H16N2O3. The number of carboxylic acids is 1. The monoisotopic (exact) mass is 248 g/mol. The van der Waals surface area contributed by atoms with Gasteiger partial charge in [0.25, 0.3) is 0 Å². The Morgan fingerprint density at radius 1 is 1.44 bits per heavy atom. The number of nitrogens with zero attached hydrogens (tertiary/aromatic N) is 1. The van der Waals surface area contributed by atoms with Crippen LogP contribution in [0.2, 0.25) is 0 Å². The van der Waals surface area contributed by atoms with E-state index in [1.165, 1.54) is 4.90 Å². The SMILES string of the molecule is C[C@H](N)C(=O)N1Cc2ccccc2C(C(=O)O)C1. The molecule has 0 aliphatic carbocycles. The maximum absolute atomic E-state index is 11.9. The summed E-state index contributed by atoms with van der Waals surface area (Å²) in [6.45, 7) is 2.23. The van der Waals surface area contributed by atoms with E-state index in [4.69, 9.17) is 5.73 Å². The first kappa shape index (κ1) is 12.6. The predicted octanol–water partition coefficient (Wildman–Crippen LogP) is 0.544. The smallest absolute Gasteiger partial charge is 0.312 e. The lowest BCUT2D eigenvalue weighted by Crippen LogP contribution is -2.46. The Morgan fingerprint density at radius 3 is 2.72 bits per heavy atom. The fraction of sp³-hybridized carbons (Fsp3) is 0.385. The van der Waals surface area contributed by atoms with Crippen molar-refractivity contribution >= 4 is 11.9 Å². The van der Waals surface area contributed by atoms with Gasteiger partial charge < -0.3 is 15.7 Å². The normalized spacial score (nSPS) is 20.1. The number of amides is 1. The number of hydrogen-bond acceptors (Lipinski definition) is 3. The first-order chi connectivity index (χ1) is 8.50. The molecule has 0 saturated heterocycles. The number of carbonyl (C=O) groups is 2. The van der Waals surface area contributed by atoms with E-state index in [9.17, 15) is 14.7 Å². The number of rotatable bonds is 2. The van der Waals surface area contributed by atoms with Crippen LogP contribution in [0.5, 0.6) is 0 Å². The number of benzene rings is 1. The van der Waals surface area contributed by atoms with Crippen molar-refractivity contribution < 1.29 is 14.7 Å². The average molecular weight is 248 g/mol. The van der Waals surface area contributed by atoms with Gasteiger partial charge in [-0.2, -0.15) is 0 Å². The third kappa shape index (κ3) is 2.22. The Morgan fingerprint density at radius 2 is 2.11 bits per heavy atom. The topological polar surface area (TPSA) is 83.6 Å². The highest BCUT2D eigenvalue weighted by molar-refractivity contribution is 5.84. The van der Waals surface area contributed by atoms with E-state index >= 15 is 0 Å². The van der Waals surface area contributed by atoms with Crippen LogP contribution in [0.4, 0.5) is 0 Å². The van der Waals surface area contributed by atoms with E-state index < -0.39 is 17.9 Å². The lowest BCUT2D eigenvalue weighted by molar-refractivity contribution is -0.141. The molecule has 5 nitrogen and oxygen atoms in total. The molecule has 3 N–H and O–H groups in total. The van der Waals surface area contributed by atoms with Crippen molar-refractivity contribution in [3.8, 4) is 0 Å². The van der Waals surface area contributed by atoms with Crippen LogP contribution in [-0.4, -0.2) is 34.5 Å². The summed E-state index contributed by atoms with van der Waals surface area (Å²) in [5.41, 5.74) is 7.24. The third-order valence-corrected chi connectivity index (χ3v) is 3.19. The summed E-state index contributed by atoms with van der Waals surface area (Å²) in [4.78, 5) is 24.7. The average Bonchev–Trinajstić information content (AvgIpc) is 2.36. The van der Waals surface area contributed by atoms with Gasteiger partial charge in [-0.25, -0.2) is 0 Å². The molecule has 0 radical (unpaired) electrons. The van der Waals surface area contributed by atoms with Crippen LogP contribution in [0.1, 0.15) is 24.0 Å². The fourth-order valence-corrected chi connectivity index (χ4v) is 2.27. The first-order valence-electron chi connectivity index (χ1n) is 5.85. The molecule has 18 heavy (non-hydrogen) atoms. The van der Waals surface area contributed by atoms with E-state index in [1.54, 1.807) is 6.92 Å². The van der Waals surface area contributed by atoms with Crippen molar-refractivity contribution in [3.05, 3.63) is 35.4 Å². The highest BCUT2D eigenvalue weighted by Crippen LogP contribution is 2.28. The zero-order chi connectivity index (χ0) is 13.3. The molecule has 1 unspecified atom stereocenters. The fourth-order valence-electron chi connectivity index (χ4n) is 2.27. The van der Waals surface area contributed by atoms with Crippen molar-refractivity contribution in [1.82, 2.24) is 4.90 Å². The van der Waals surface area contributed by atoms with Gasteiger partial charge in [-0.3, -0.25) is 9.59 Å². The van der Waals surface area contributed by atoms with E-state index in [0.29, 0.717) is 6.54 Å². The van der Waals surface area contributed by atoms with Gasteiger partial charge >= 0.3 is 5.97 Å². The minimum Gasteiger partial charge on any atom is -0.481 e. The van der Waals surface area contributed by atoms with Crippen LogP contribution in [0.25, 0.3) is 0 Å². The lowest BCUT2D eigenvalue weighted by Gasteiger charge is -2.33. The number of aliphatic carboxylic acids is 1. The van der Waals surface area contributed by atoms with Crippen LogP contribution in [0.3, 0.4) is 0 Å². The van der Waals surface area contributed by atoms with Gasteiger partial charge in [0.2, 0.25) is 5.91 Å². The number of carbonyl (C=O) groups excluding carboxylic acids is 1. The van der Waals surface area contributed by atoms with Gasteiger partial charge in [0, 0.05) is 13.1 Å². The molecule has 5 heteroatoms. The number of carboxylic acid groups (broad SMARTS) is 1. The Labute approximate surface area is 105 Å². The minimum absolute atomic E-state index is 0.187. The van der Waals surface area contributed by atoms with Crippen molar-refractivity contribution in [2.45, 2.75) is 25.4 Å². The number of nitrogens with two attached hydrogens (primary N) is 1. The Kier molecular flexibility index (Phi) is 3.34. The molecule has 1 aromatic rings. The summed E-state index contributed by atoms with van der Waals surface area (Å²) < 4.78 is 0. The van der Waals surface area contributed by atoms with Crippen LogP contribution < -0.4 is 5.73 Å². The summed E-state index contributed by atoms with van der Waals surface area (Å²) in [7, 11) is 0. The van der Waals surface area contributed by atoms with E-state index in [0.717, 1.165) is 11.1 Å². The van der Waals surface area contributed by atoms with Crippen molar-refractivity contribution in [3.63, 3.8) is 0 Å². The molecule has 2 atom stereocenters. The third-order valence-electron chi connectivity index (χ3n) is 3.19. The summed E-state index contributed by atoms with van der Waals surface area (Å²) in [5, 5.41) is 9.25. The van der Waals surface area contributed by atoms with Gasteiger partial charge in [0.1, 0.15) is 0 Å². The second-order valence-corrected chi connectivity index (χ2v) is 4.60. The Balaban J connectivity index is 2.34. The number of hydrogen-bond donors (Lipinski definition) is 2. The molecule has 0 fully saturated rings. The molecule has 2 rings (SSSR count). The van der Waals surface area contributed by atoms with Crippen LogP contribution >= 0.6 is 0 Å². The highest BCUT2D eigenvalue weighted by atomic mass is 16.4. The molecule has 0 bridgehead atoms. The maximum atomic E-state index is 11.9. The van der Waals surface area contributed by atoms with E-state index in [-0.39, 0.29) is 12.5 Å². The molecule has 1 aliphatic rings. The summed E-state index contributed by atoms with van der Waals surface area (Å²) in [5.74, 6) is -1.79. The molecular weight excluding hydrogens is 232 g/mol. The largest absolute Gasteiger partial charge is 0.481 e. The Bertz CT molecular complexity index is 485. The second kappa shape index (κ2) is 4.78. The lowest BCUT2D eigenvalue weighted by atomic mass is 9.89. The van der Waals surface area contributed by atoms with Crippen LogP contribution in [-0.2, 0) is 16.1 Å². The zero-order valence-corrected chi connectivity index (χ0v) is 10.2. The van der Waals surface area contributed by atoms with Crippen LogP contribution in [0, 0.1) is 0 Å². The Hall–Kier alpha value is -1.88. The molecule has 1 aromatic carbocycles. The van der Waals surface area contributed by atoms with Gasteiger partial charge in [0.05, 0.1) is 12.0 Å². The molecule has 0 spiro atoms. The van der Waals surface area contributed by atoms with Crippen molar-refractivity contribution in [2.75, 3.05) is 6.54 Å². The molecule has 1 heterocycles. The predicted molar refractivity (Wildman–Crippen MR) is 65.9 cm³/mol. The molecule has 1 aliphatic heterocycles. The highest BCUT2D eigenvalue weighted by Gasteiger charge is 2.32. The summed E-state index contributed by atoms with van der Waals surface area (Å²) in [6.07, 6.45) is 0. The van der Waals surface area contributed by atoms with E-state index in [1.807, 2.05) is 24.3 Å². The molecule has 0 aromatic heterocycles. The molecule has 0 saturated carbocycles. The van der Waals surface area contributed by atoms with Gasteiger partial charge in [-0.1, -0.05) is 24.3 Å². The van der Waals surface area contributed by atoms with Crippen molar-refractivity contribution in [2.24, 2.45) is 5.73 Å². The van der Waals surface area contributed by atoms with Gasteiger partial charge in [0.15, 0.2) is 0 Å². The standard InChI is InChI=1S/C13H16N2O3/c1-8(14)12(16)15-6-9-4-2-3-5-10(9)11(7-15)13(17)18/h2-5,8,11H,6-7,14H2,1H3,(H,17,18)/t8-,11?/m0/s1. The maximum Gasteiger partial charge on any atom is 0.312 e. The first-order valence-corrected chi connectivity index (χ1v) is 5.85. The molecule has 96 valence electrons. The van der Waals surface area contributed by atoms with Crippen LogP contribution in [0.15, 0.2) is 24.3 Å². The van der Waals surface area contributed by atoms with Gasteiger partial charge in [-0.05, 0) is 18.1 Å². The number of fused-ring (bicyclic) bond motifs is 1. The summed E-state index contributed by atoms with van der Waals surface area (Å²) >= 11 is 0. The van der Waals surface area contributed by atoms with Crippen molar-refractivity contribution in [1.29, 1.82) is 0 Å². The van der Waals surface area contributed by atoms with Gasteiger partial charge in [-0.15, -0.1) is 0 Å². The van der Waals surface area contributed by atoms with E-state index in [2.05, 4.69) is 0 Å². The minimum atomic E-state index is -0.912.